The molecule has 1 aliphatic carbocycles. The molecule has 1 amide bonds. The van der Waals surface area contributed by atoms with Crippen LogP contribution in [0.15, 0.2) is 24.5 Å². The number of ether oxygens (including phenoxy) is 2. The molecule has 0 aromatic carbocycles. The number of fused-ring (bicyclic) bond motifs is 1. The molecule has 8 nitrogen and oxygen atoms in total. The number of nitrogens with one attached hydrogen (secondary N) is 1. The van der Waals surface area contributed by atoms with Gasteiger partial charge >= 0.3 is 6.18 Å². The first-order chi connectivity index (χ1) is 18.5. The van der Waals surface area contributed by atoms with Crippen LogP contribution < -0.4 is 14.8 Å². The Balaban J connectivity index is 1.18. The number of alkyl halides is 4. The fraction of sp³-hybridized carbons (Fsp3) is 0.630. The van der Waals surface area contributed by atoms with Gasteiger partial charge in [-0.15, -0.1) is 0 Å². The second kappa shape index (κ2) is 12.4. The van der Waals surface area contributed by atoms with Gasteiger partial charge in [0, 0.05) is 43.9 Å². The Morgan fingerprint density at radius 2 is 1.90 bits per heavy atom. The number of aromatic nitrogens is 3. The van der Waals surface area contributed by atoms with Gasteiger partial charge in [-0.25, -0.2) is 14.4 Å². The lowest BCUT2D eigenvalue weighted by Crippen LogP contribution is -2.44. The van der Waals surface area contributed by atoms with Crippen molar-refractivity contribution in [3.63, 3.8) is 0 Å². The average molecular weight is 554 g/mol. The molecule has 1 atom stereocenters. The van der Waals surface area contributed by atoms with Crippen LogP contribution in [0.5, 0.6) is 11.8 Å². The van der Waals surface area contributed by atoms with Crippen LogP contribution in [0.3, 0.4) is 0 Å². The summed E-state index contributed by atoms with van der Waals surface area (Å²) in [6, 6.07) is 3.16. The summed E-state index contributed by atoms with van der Waals surface area (Å²) in [7, 11) is 0. The molecule has 1 aliphatic heterocycles. The zero-order valence-corrected chi connectivity index (χ0v) is 22.3. The summed E-state index contributed by atoms with van der Waals surface area (Å²) in [4.78, 5) is 26.9. The van der Waals surface area contributed by atoms with Gasteiger partial charge in [-0.2, -0.15) is 13.2 Å². The zero-order chi connectivity index (χ0) is 28.0. The molecule has 0 bridgehead atoms. The van der Waals surface area contributed by atoms with Crippen LogP contribution in [0.4, 0.5) is 17.6 Å². The van der Waals surface area contributed by atoms with E-state index in [9.17, 15) is 18.0 Å². The molecule has 1 N–H and O–H groups in total. The van der Waals surface area contributed by atoms with Gasteiger partial charge in [-0.1, -0.05) is 6.07 Å². The second-order valence-corrected chi connectivity index (χ2v) is 10.4. The quantitative estimate of drug-likeness (QED) is 0.467. The fourth-order valence-electron chi connectivity index (χ4n) is 4.90. The third kappa shape index (κ3) is 8.48. The lowest BCUT2D eigenvalue weighted by molar-refractivity contribution is -0.190. The first-order valence-electron chi connectivity index (χ1n) is 13.3. The minimum absolute atomic E-state index is 0.0334. The predicted molar refractivity (Wildman–Crippen MR) is 135 cm³/mol. The Morgan fingerprint density at radius 3 is 2.59 bits per heavy atom. The summed E-state index contributed by atoms with van der Waals surface area (Å²) in [5.74, 6) is -0.0266. The molecule has 3 heterocycles. The van der Waals surface area contributed by atoms with E-state index < -0.39 is 17.9 Å². The monoisotopic (exact) mass is 553 g/mol. The van der Waals surface area contributed by atoms with Crippen LogP contribution in [0.1, 0.15) is 56.0 Å². The number of hydrogen-bond donors (Lipinski definition) is 1. The van der Waals surface area contributed by atoms with Crippen molar-refractivity contribution in [3.8, 4) is 11.8 Å². The Labute approximate surface area is 225 Å². The average Bonchev–Trinajstić information content (AvgIpc) is 3.10. The van der Waals surface area contributed by atoms with Crippen molar-refractivity contribution in [2.75, 3.05) is 26.2 Å². The number of hydrogen-bond acceptors (Lipinski definition) is 7. The molecule has 39 heavy (non-hydrogen) atoms. The first-order valence-corrected chi connectivity index (χ1v) is 13.3. The van der Waals surface area contributed by atoms with Gasteiger partial charge in [0.2, 0.25) is 11.8 Å². The number of aryl methyl sites for hydroxylation is 1. The number of pyridine rings is 1. The van der Waals surface area contributed by atoms with E-state index in [-0.39, 0.29) is 30.3 Å². The van der Waals surface area contributed by atoms with E-state index >= 15 is 4.39 Å². The number of carbonyl (C=O) groups is 1. The Bertz CT molecular complexity index is 1110. The van der Waals surface area contributed by atoms with Crippen molar-refractivity contribution in [1.82, 2.24) is 25.2 Å². The molecule has 4 rings (SSSR count). The van der Waals surface area contributed by atoms with E-state index in [0.717, 1.165) is 30.4 Å². The highest BCUT2D eigenvalue weighted by Crippen LogP contribution is 2.35. The smallest absolute Gasteiger partial charge is 0.425 e. The molecule has 214 valence electrons. The summed E-state index contributed by atoms with van der Waals surface area (Å²) < 4.78 is 64.4. The van der Waals surface area contributed by atoms with Crippen molar-refractivity contribution < 1.29 is 31.8 Å². The second-order valence-electron chi connectivity index (χ2n) is 10.4. The summed E-state index contributed by atoms with van der Waals surface area (Å²) in [6.45, 7) is 4.56. The van der Waals surface area contributed by atoms with Crippen molar-refractivity contribution >= 4 is 5.91 Å². The molecule has 0 spiro atoms. The molecule has 12 heteroatoms. The summed E-state index contributed by atoms with van der Waals surface area (Å²) in [5.41, 5.74) is 1.17. The summed E-state index contributed by atoms with van der Waals surface area (Å²) in [5, 5.41) is 2.92. The third-order valence-corrected chi connectivity index (χ3v) is 7.39. The fourth-order valence-corrected chi connectivity index (χ4v) is 4.90. The molecule has 0 radical (unpaired) electrons. The number of halogens is 4. The standard InChI is InChI=1S/C27H35F4N5O3/c1-18-15-33-25(16-32-18)38-17-23(37)34-21-5-9-26(28,10-6-21)11-14-36-12-7-20-3-4-24(35-22(20)8-13-36)39-19(2)27(29,30)31/h3-4,15-16,19,21H,5-14,17H2,1-2H3,(H,34,37)/t19-,21-,26+/m1/s1. The zero-order valence-electron chi connectivity index (χ0n) is 22.3. The topological polar surface area (TPSA) is 89.5 Å². The molecule has 2 aromatic heterocycles. The van der Waals surface area contributed by atoms with E-state index in [1.165, 1.54) is 12.3 Å². The van der Waals surface area contributed by atoms with Crippen molar-refractivity contribution in [2.45, 2.75) is 82.8 Å². The number of amides is 1. The Morgan fingerprint density at radius 1 is 1.15 bits per heavy atom. The summed E-state index contributed by atoms with van der Waals surface area (Å²) >= 11 is 0. The highest BCUT2D eigenvalue weighted by molar-refractivity contribution is 5.77. The van der Waals surface area contributed by atoms with E-state index in [2.05, 4.69) is 25.2 Å². The minimum Gasteiger partial charge on any atom is -0.466 e. The molecular weight excluding hydrogens is 518 g/mol. The largest absolute Gasteiger partial charge is 0.466 e. The molecule has 2 aromatic rings. The number of carbonyl (C=O) groups excluding carboxylic acids is 1. The van der Waals surface area contributed by atoms with Crippen molar-refractivity contribution in [2.24, 2.45) is 0 Å². The van der Waals surface area contributed by atoms with Gasteiger partial charge in [0.05, 0.1) is 18.1 Å². The number of nitrogens with zero attached hydrogens (tertiary/aromatic N) is 4. The van der Waals surface area contributed by atoms with Crippen LogP contribution >= 0.6 is 0 Å². The molecule has 0 saturated heterocycles. The van der Waals surface area contributed by atoms with Gasteiger partial charge in [0.1, 0.15) is 5.67 Å². The van der Waals surface area contributed by atoms with Crippen LogP contribution in [0.25, 0.3) is 0 Å². The van der Waals surface area contributed by atoms with E-state index in [4.69, 9.17) is 9.47 Å². The minimum atomic E-state index is -4.45. The lowest BCUT2D eigenvalue weighted by atomic mass is 9.81. The van der Waals surface area contributed by atoms with Gasteiger partial charge < -0.3 is 19.7 Å². The maximum absolute atomic E-state index is 15.6. The Kier molecular flexibility index (Phi) is 9.24. The number of rotatable bonds is 9. The van der Waals surface area contributed by atoms with E-state index in [1.54, 1.807) is 19.2 Å². The highest BCUT2D eigenvalue weighted by Gasteiger charge is 2.38. The van der Waals surface area contributed by atoms with Gasteiger partial charge in [-0.3, -0.25) is 9.78 Å². The highest BCUT2D eigenvalue weighted by atomic mass is 19.4. The van der Waals surface area contributed by atoms with Gasteiger partial charge in [0.25, 0.3) is 5.91 Å². The van der Waals surface area contributed by atoms with Crippen LogP contribution in [0, 0.1) is 6.92 Å². The molecule has 2 aliphatic rings. The maximum atomic E-state index is 15.6. The maximum Gasteiger partial charge on any atom is 0.425 e. The molecule has 0 unspecified atom stereocenters. The van der Waals surface area contributed by atoms with Crippen molar-refractivity contribution in [1.29, 1.82) is 0 Å². The first kappa shape index (κ1) is 29.0. The van der Waals surface area contributed by atoms with E-state index in [0.29, 0.717) is 58.0 Å². The van der Waals surface area contributed by atoms with Gasteiger partial charge in [0.15, 0.2) is 12.7 Å². The van der Waals surface area contributed by atoms with Crippen LogP contribution in [-0.2, 0) is 17.6 Å². The van der Waals surface area contributed by atoms with Crippen molar-refractivity contribution in [3.05, 3.63) is 41.5 Å². The SMILES string of the molecule is Cc1cnc(OCC(=O)N[C@H]2CC[C@](F)(CCN3CCc4ccc(O[C@H](C)C(F)(F)F)nc4CC3)CC2)cn1. The predicted octanol–water partition coefficient (Wildman–Crippen LogP) is 4.15. The van der Waals surface area contributed by atoms with E-state index in [1.807, 2.05) is 0 Å². The lowest BCUT2D eigenvalue weighted by Gasteiger charge is -2.35. The molecule has 1 saturated carbocycles. The third-order valence-electron chi connectivity index (χ3n) is 7.39. The van der Waals surface area contributed by atoms with Gasteiger partial charge in [-0.05, 0) is 57.9 Å². The Hall–Kier alpha value is -3.02. The normalized spacial score (nSPS) is 22.9. The van der Waals surface area contributed by atoms with Crippen LogP contribution in [-0.4, -0.2) is 76.0 Å². The van der Waals surface area contributed by atoms with Crippen LogP contribution in [0.2, 0.25) is 0 Å². The molecule has 1 fully saturated rings. The molecular formula is C27H35F4N5O3. The summed E-state index contributed by atoms with van der Waals surface area (Å²) in [6.07, 6.45) is 0.145.